The quantitative estimate of drug-likeness (QED) is 0.737. The van der Waals surface area contributed by atoms with Crippen LogP contribution < -0.4 is 11.1 Å². The molecule has 1 amide bonds. The number of rotatable bonds is 4. The van der Waals surface area contributed by atoms with E-state index in [-0.39, 0.29) is 5.91 Å². The van der Waals surface area contributed by atoms with Crippen molar-refractivity contribution in [3.05, 3.63) is 0 Å². The average Bonchev–Trinajstić information content (AvgIpc) is 2.91. The summed E-state index contributed by atoms with van der Waals surface area (Å²) in [5.41, 5.74) is 5.81. The fourth-order valence-corrected chi connectivity index (χ4v) is 2.34. The first-order valence-corrected chi connectivity index (χ1v) is 6.06. The minimum atomic E-state index is -0.535. The van der Waals surface area contributed by atoms with Gasteiger partial charge < -0.3 is 11.1 Å². The van der Waals surface area contributed by atoms with E-state index in [1.165, 1.54) is 12.8 Å². The molecule has 0 aromatic heterocycles. The number of nitrogens with two attached hydrogens (primary N) is 1. The van der Waals surface area contributed by atoms with Gasteiger partial charge in [0.1, 0.15) is 0 Å². The van der Waals surface area contributed by atoms with Gasteiger partial charge in [-0.05, 0) is 43.4 Å². The maximum Gasteiger partial charge on any atom is 0.240 e. The van der Waals surface area contributed by atoms with E-state index in [1.54, 1.807) is 0 Å². The fourth-order valence-electron chi connectivity index (χ4n) is 2.34. The number of amides is 1. The Labute approximate surface area is 91.8 Å². The van der Waals surface area contributed by atoms with Gasteiger partial charge in [0.05, 0.1) is 5.54 Å². The molecule has 3 N–H and O–H groups in total. The van der Waals surface area contributed by atoms with Crippen LogP contribution in [0.1, 0.15) is 46.0 Å². The van der Waals surface area contributed by atoms with Crippen LogP contribution in [0, 0.1) is 11.3 Å². The lowest BCUT2D eigenvalue weighted by molar-refractivity contribution is -0.129. The van der Waals surface area contributed by atoms with Crippen LogP contribution in [0.3, 0.4) is 0 Å². The lowest BCUT2D eigenvalue weighted by Gasteiger charge is -2.37. The van der Waals surface area contributed by atoms with Crippen molar-refractivity contribution in [1.82, 2.24) is 5.32 Å². The topological polar surface area (TPSA) is 55.1 Å². The Morgan fingerprint density at radius 3 is 2.27 bits per heavy atom. The molecule has 15 heavy (non-hydrogen) atoms. The van der Waals surface area contributed by atoms with E-state index < -0.39 is 5.54 Å². The highest BCUT2D eigenvalue weighted by Gasteiger charge is 2.47. The molecule has 0 heterocycles. The summed E-state index contributed by atoms with van der Waals surface area (Å²) in [5.74, 6) is 0.730. The Morgan fingerprint density at radius 1 is 1.33 bits per heavy atom. The van der Waals surface area contributed by atoms with E-state index in [2.05, 4.69) is 19.2 Å². The maximum absolute atomic E-state index is 11.8. The van der Waals surface area contributed by atoms with Crippen molar-refractivity contribution >= 4 is 5.91 Å². The van der Waals surface area contributed by atoms with Gasteiger partial charge in [0.2, 0.25) is 5.91 Å². The Morgan fingerprint density at radius 2 is 1.93 bits per heavy atom. The van der Waals surface area contributed by atoms with Crippen LogP contribution in [0.15, 0.2) is 0 Å². The van der Waals surface area contributed by atoms with Crippen LogP contribution in [0.2, 0.25) is 0 Å². The second-order valence-electron chi connectivity index (χ2n) is 5.71. The molecule has 86 valence electrons. The molecule has 3 nitrogen and oxygen atoms in total. The van der Waals surface area contributed by atoms with Crippen LogP contribution in [0.5, 0.6) is 0 Å². The molecule has 0 aliphatic heterocycles. The monoisotopic (exact) mass is 210 g/mol. The van der Waals surface area contributed by atoms with Crippen LogP contribution >= 0.6 is 0 Å². The third-order valence-electron chi connectivity index (χ3n) is 4.42. The first-order valence-electron chi connectivity index (χ1n) is 6.06. The SMILES string of the molecule is CC(C)C1(CNC(=O)C2(N)CCC2)CC1. The number of carbonyl (C=O) groups is 1. The van der Waals surface area contributed by atoms with Gasteiger partial charge in [0.15, 0.2) is 0 Å². The summed E-state index contributed by atoms with van der Waals surface area (Å²) in [7, 11) is 0. The molecule has 3 heteroatoms. The van der Waals surface area contributed by atoms with Crippen molar-refractivity contribution in [1.29, 1.82) is 0 Å². The summed E-state index contributed by atoms with van der Waals surface area (Å²) in [6, 6.07) is 0. The number of carbonyl (C=O) groups excluding carboxylic acids is 1. The number of nitrogens with one attached hydrogen (secondary N) is 1. The van der Waals surface area contributed by atoms with Crippen LogP contribution in [-0.4, -0.2) is 18.0 Å². The van der Waals surface area contributed by atoms with Gasteiger partial charge >= 0.3 is 0 Å². The van der Waals surface area contributed by atoms with Crippen molar-refractivity contribution in [3.8, 4) is 0 Å². The van der Waals surface area contributed by atoms with E-state index >= 15 is 0 Å². The van der Waals surface area contributed by atoms with Gasteiger partial charge in [0.25, 0.3) is 0 Å². The van der Waals surface area contributed by atoms with Crippen LogP contribution in [0.25, 0.3) is 0 Å². The minimum absolute atomic E-state index is 0.0701. The average molecular weight is 210 g/mol. The van der Waals surface area contributed by atoms with Crippen LogP contribution in [0.4, 0.5) is 0 Å². The third-order valence-corrected chi connectivity index (χ3v) is 4.42. The fraction of sp³-hybridized carbons (Fsp3) is 0.917. The zero-order chi connectivity index (χ0) is 11.1. The molecule has 2 aliphatic rings. The van der Waals surface area contributed by atoms with Gasteiger partial charge in [-0.15, -0.1) is 0 Å². The van der Waals surface area contributed by atoms with E-state index in [4.69, 9.17) is 5.73 Å². The summed E-state index contributed by atoms with van der Waals surface area (Å²) in [4.78, 5) is 11.8. The zero-order valence-corrected chi connectivity index (χ0v) is 9.81. The molecule has 0 aromatic carbocycles. The minimum Gasteiger partial charge on any atom is -0.354 e. The summed E-state index contributed by atoms with van der Waals surface area (Å²) in [5, 5.41) is 3.05. The normalized spacial score (nSPS) is 25.9. The smallest absolute Gasteiger partial charge is 0.240 e. The molecular weight excluding hydrogens is 188 g/mol. The van der Waals surface area contributed by atoms with Crippen LogP contribution in [-0.2, 0) is 4.79 Å². The van der Waals surface area contributed by atoms with Crippen molar-refractivity contribution in [2.24, 2.45) is 17.1 Å². The lowest BCUT2D eigenvalue weighted by atomic mass is 9.77. The molecule has 0 spiro atoms. The summed E-state index contributed by atoms with van der Waals surface area (Å²) >= 11 is 0. The largest absolute Gasteiger partial charge is 0.354 e. The molecule has 0 bridgehead atoms. The first kappa shape index (κ1) is 10.9. The number of hydrogen-bond acceptors (Lipinski definition) is 2. The first-order chi connectivity index (χ1) is 6.99. The van der Waals surface area contributed by atoms with Gasteiger partial charge in [-0.1, -0.05) is 13.8 Å². The molecule has 2 aliphatic carbocycles. The van der Waals surface area contributed by atoms with Crippen molar-refractivity contribution in [3.63, 3.8) is 0 Å². The predicted molar refractivity (Wildman–Crippen MR) is 60.3 cm³/mol. The second kappa shape index (κ2) is 3.48. The van der Waals surface area contributed by atoms with E-state index in [0.717, 1.165) is 25.8 Å². The van der Waals surface area contributed by atoms with E-state index in [9.17, 15) is 4.79 Å². The second-order valence-corrected chi connectivity index (χ2v) is 5.71. The highest BCUT2D eigenvalue weighted by Crippen LogP contribution is 2.51. The molecule has 2 fully saturated rings. The van der Waals surface area contributed by atoms with Crippen molar-refractivity contribution in [2.45, 2.75) is 51.5 Å². The van der Waals surface area contributed by atoms with Gasteiger partial charge in [-0.2, -0.15) is 0 Å². The van der Waals surface area contributed by atoms with Gasteiger partial charge in [-0.25, -0.2) is 0 Å². The van der Waals surface area contributed by atoms with Crippen molar-refractivity contribution in [2.75, 3.05) is 6.54 Å². The molecule has 0 atom stereocenters. The zero-order valence-electron chi connectivity index (χ0n) is 9.81. The van der Waals surface area contributed by atoms with Crippen molar-refractivity contribution < 1.29 is 4.79 Å². The molecule has 2 saturated carbocycles. The van der Waals surface area contributed by atoms with E-state index in [1.807, 2.05) is 0 Å². The molecule has 0 radical (unpaired) electrons. The molecule has 0 saturated heterocycles. The summed E-state index contributed by atoms with van der Waals surface area (Å²) < 4.78 is 0. The highest BCUT2D eigenvalue weighted by molar-refractivity contribution is 5.87. The standard InChI is InChI=1S/C12H22N2O/c1-9(2)11(6-7-11)8-14-10(15)12(13)4-3-5-12/h9H,3-8,13H2,1-2H3,(H,14,15). The Bertz CT molecular complexity index is 265. The third kappa shape index (κ3) is 1.89. The maximum atomic E-state index is 11.8. The van der Waals surface area contributed by atoms with E-state index in [0.29, 0.717) is 11.3 Å². The Balaban J connectivity index is 1.81. The van der Waals surface area contributed by atoms with Gasteiger partial charge in [0, 0.05) is 6.54 Å². The molecular formula is C12H22N2O. The summed E-state index contributed by atoms with van der Waals surface area (Å²) in [6.45, 7) is 5.30. The highest BCUT2D eigenvalue weighted by atomic mass is 16.2. The summed E-state index contributed by atoms with van der Waals surface area (Å²) in [6.07, 6.45) is 5.31. The number of hydrogen-bond donors (Lipinski definition) is 2. The molecule has 0 aromatic rings. The lowest BCUT2D eigenvalue weighted by Crippen LogP contribution is -2.59. The Hall–Kier alpha value is -0.570. The Kier molecular flexibility index (Phi) is 2.53. The molecule has 0 unspecified atom stereocenters. The predicted octanol–water partition coefficient (Wildman–Crippen LogP) is 1.42. The van der Waals surface area contributed by atoms with Gasteiger partial charge in [-0.3, -0.25) is 4.79 Å². The molecule has 2 rings (SSSR count).